The molecule has 2 aromatic heterocycles. The first-order valence-electron chi connectivity index (χ1n) is 36.9. The Hall–Kier alpha value is -8.13. The van der Waals surface area contributed by atoms with Crippen molar-refractivity contribution >= 4 is 102 Å². The number of imidazole rings is 2. The molecule has 38 heteroatoms. The number of carbonyl (C=O) groups is 8. The van der Waals surface area contributed by atoms with Crippen LogP contribution in [0.25, 0.3) is 22.1 Å². The Bertz CT molecular complexity index is 4420. The number of hydrogen-bond donors (Lipinski definition) is 6. The number of hydrogen-bond acceptors (Lipinski definition) is 18. The van der Waals surface area contributed by atoms with Gasteiger partial charge in [0.1, 0.15) is 52.0 Å². The first-order chi connectivity index (χ1) is 51.4. The number of nitrogens with one attached hydrogen (secondary N) is 5. The summed E-state index contributed by atoms with van der Waals surface area (Å²) in [5, 5.41) is 18.5. The van der Waals surface area contributed by atoms with Crippen molar-refractivity contribution in [2.75, 3.05) is 41.3 Å². The molecule has 2 aliphatic carbocycles. The highest BCUT2D eigenvalue weighted by Gasteiger charge is 2.63. The maximum Gasteiger partial charge on any atom is 0.418 e. The van der Waals surface area contributed by atoms with Gasteiger partial charge in [-0.05, 0) is 162 Å². The number of fused-ring (bicyclic) bond motifs is 6. The number of carbonyl (C=O) groups excluding carboxylic acids is 8. The van der Waals surface area contributed by atoms with Crippen LogP contribution < -0.4 is 30.1 Å². The summed E-state index contributed by atoms with van der Waals surface area (Å²) in [6, 6.07) is 2.68. The Balaban J connectivity index is 0.000000238. The number of ketones is 1. The van der Waals surface area contributed by atoms with Crippen LogP contribution in [0.2, 0.25) is 5.28 Å². The number of aromatic nitrogens is 4. The average molecular weight is 1630 g/mol. The minimum atomic E-state index is -4.70. The molecule has 0 radical (unpaired) electrons. The molecule has 2 aromatic carbocycles. The van der Waals surface area contributed by atoms with Gasteiger partial charge < -0.3 is 49.6 Å². The Morgan fingerprint density at radius 3 is 1.58 bits per heavy atom. The van der Waals surface area contributed by atoms with Gasteiger partial charge in [-0.15, -0.1) is 0 Å². The van der Waals surface area contributed by atoms with E-state index in [1.54, 1.807) is 72.1 Å². The maximum absolute atomic E-state index is 14.4. The first kappa shape index (κ1) is 88.4. The molecule has 10 atom stereocenters. The molecule has 0 spiro atoms. The molecule has 10 rings (SSSR count). The van der Waals surface area contributed by atoms with Gasteiger partial charge in [0.15, 0.2) is 5.78 Å². The predicted octanol–water partition coefficient (Wildman–Crippen LogP) is 9.73. The summed E-state index contributed by atoms with van der Waals surface area (Å²) < 4.78 is 156. The van der Waals surface area contributed by atoms with Gasteiger partial charge in [0.2, 0.25) is 28.9 Å². The van der Waals surface area contributed by atoms with Crippen molar-refractivity contribution in [3.05, 3.63) is 77.1 Å². The fourth-order valence-corrected chi connectivity index (χ4v) is 15.6. The SMILES string of the molecule is CC(C)n1c(Cl)nc2c(C(F)(F)F)cccc21.CC(C)n1c(O[C@@H]2C[C@H]3C(=O)N[C@]4(C(=O)NS(=O)(=O)N(C)C)C[C@H]4/C=C\CCCCC[C@H](NC(=O)OC(C)(C)C)C(=O)N3C2)nc2c(C(F)(F)F)cccc21.CN(C)S(=O)(=O)NC(=O)[C@]12CC(=O)[C@@H]3C[C@@H](O)CN3C(=O)[C@@H](NC(=O)OC(C)(C)C)CCCCC/C=C\[C@@H]1C2. The Morgan fingerprint density at radius 2 is 1.10 bits per heavy atom. The van der Waals surface area contributed by atoms with Gasteiger partial charge in [-0.1, -0.05) is 62.1 Å². The molecular weight excluding hydrogens is 1530 g/mol. The number of rotatable bonds is 12. The zero-order chi connectivity index (χ0) is 82.6. The molecule has 4 aliphatic heterocycles. The second-order valence-corrected chi connectivity index (χ2v) is 35.9. The smallest absolute Gasteiger partial charge is 0.418 e. The van der Waals surface area contributed by atoms with Crippen LogP contribution in [0.3, 0.4) is 0 Å². The third-order valence-corrected chi connectivity index (χ3v) is 22.8. The van der Waals surface area contributed by atoms with Gasteiger partial charge in [0.05, 0.1) is 46.3 Å². The number of ether oxygens (including phenoxy) is 3. The minimum Gasteiger partial charge on any atom is -0.459 e. The summed E-state index contributed by atoms with van der Waals surface area (Å²) in [5.74, 6) is -4.92. The van der Waals surface area contributed by atoms with Gasteiger partial charge in [-0.2, -0.15) is 56.8 Å². The van der Waals surface area contributed by atoms with Gasteiger partial charge in [0.25, 0.3) is 11.9 Å². The number of alkyl carbamates (subject to hydrolysis) is 2. The van der Waals surface area contributed by atoms with E-state index in [1.165, 1.54) is 60.8 Å². The number of aliphatic hydroxyl groups is 1. The van der Waals surface area contributed by atoms with Crippen LogP contribution in [-0.2, 0) is 71.0 Å². The van der Waals surface area contributed by atoms with E-state index in [0.29, 0.717) is 50.5 Å². The topological polar surface area (TPSA) is 362 Å². The van der Waals surface area contributed by atoms with E-state index >= 15 is 0 Å². The van der Waals surface area contributed by atoms with Gasteiger partial charge in [0, 0.05) is 72.0 Å². The lowest BCUT2D eigenvalue weighted by molar-refractivity contribution is -0.141. The van der Waals surface area contributed by atoms with Gasteiger partial charge in [-0.3, -0.25) is 33.3 Å². The average Bonchev–Trinajstić information content (AvgIpc) is 1.58. The monoisotopic (exact) mass is 1630 g/mol. The van der Waals surface area contributed by atoms with Crippen molar-refractivity contribution in [3.63, 3.8) is 0 Å². The lowest BCUT2D eigenvalue weighted by atomic mass is 9.91. The van der Waals surface area contributed by atoms with Crippen LogP contribution >= 0.6 is 11.6 Å². The molecule has 4 aromatic rings. The molecule has 616 valence electrons. The van der Waals surface area contributed by atoms with Crippen LogP contribution in [0.15, 0.2) is 60.7 Å². The quantitative estimate of drug-likeness (QED) is 0.0567. The van der Waals surface area contributed by atoms with Crippen molar-refractivity contribution in [1.29, 1.82) is 0 Å². The highest BCUT2D eigenvalue weighted by Crippen LogP contribution is 2.57. The summed E-state index contributed by atoms with van der Waals surface area (Å²) in [6.45, 7) is 17.0. The summed E-state index contributed by atoms with van der Waals surface area (Å²) in [7, 11) is -3.22. The standard InChI is InChI=1S/C36H50F3N7O8S.C26H42N4O8S.C11H10ClF3N2/c1-21(2)46-26-17-13-15-24(36(37,38)39)28(26)41-32(46)53-23-18-27-29(47)42-35(31(49)43-55(51,52)44(6)7)19-22(35)14-11-9-8-10-12-16-25(30(48)45(27)20-23)40-33(50)54-34(3,4)5;1-25(2,3)38-24(35)27-19-12-10-8-6-7-9-11-17-14-26(17,23(34)28-39(36,37)29(4)5)15-21(32)20-13-18(31)16-30(20)22(19)33;1-6(2)17-8-5-3-4-7(11(13,14)15)9(8)16-10(17)12/h11,13-15,17,21-23,25,27H,8-10,12,16,18-20H2,1-7H3,(H,40,50)(H,42,47)(H,43,49);9,11,17-20,31H,6-8,10,12-16H2,1-5H3,(H,27,35)(H,28,34);3-6H,1-2H3/b14-11-;11-9-;/t22-,23-,25+,27+,35-;17-,18-,19+,20+,26-;/m11./s1. The fraction of sp³-hybridized carbons (Fsp3) is 0.644. The molecule has 6 N–H and O–H groups in total. The molecular formula is C73H102ClF6N13O16S2. The number of nitrogens with zero attached hydrogens (tertiary/aromatic N) is 8. The molecule has 2 saturated carbocycles. The molecule has 0 bridgehead atoms. The number of para-hydroxylation sites is 2. The van der Waals surface area contributed by atoms with E-state index in [1.807, 2.05) is 36.8 Å². The summed E-state index contributed by atoms with van der Waals surface area (Å²) >= 11 is 5.87. The number of halogens is 7. The van der Waals surface area contributed by atoms with E-state index in [0.717, 1.165) is 40.0 Å². The third kappa shape index (κ3) is 21.8. The lowest BCUT2D eigenvalue weighted by Crippen LogP contribution is -2.58. The second-order valence-electron chi connectivity index (χ2n) is 31.8. The molecule has 0 unspecified atom stereocenters. The number of amides is 7. The Morgan fingerprint density at radius 1 is 0.631 bits per heavy atom. The number of alkyl halides is 6. The summed E-state index contributed by atoms with van der Waals surface area (Å²) in [5.41, 5.74) is -6.10. The molecule has 111 heavy (non-hydrogen) atoms. The first-order valence-corrected chi connectivity index (χ1v) is 40.1. The van der Waals surface area contributed by atoms with Crippen LogP contribution in [0.1, 0.15) is 189 Å². The van der Waals surface area contributed by atoms with Crippen molar-refractivity contribution < 1.29 is 101 Å². The van der Waals surface area contributed by atoms with Crippen molar-refractivity contribution in [3.8, 4) is 6.01 Å². The van der Waals surface area contributed by atoms with Crippen LogP contribution in [0.4, 0.5) is 35.9 Å². The van der Waals surface area contributed by atoms with Crippen LogP contribution in [0.5, 0.6) is 6.01 Å². The van der Waals surface area contributed by atoms with E-state index in [-0.39, 0.29) is 85.0 Å². The van der Waals surface area contributed by atoms with Crippen molar-refractivity contribution in [2.24, 2.45) is 17.3 Å². The Labute approximate surface area is 647 Å². The third-order valence-electron chi connectivity index (χ3n) is 19.8. The van der Waals surface area contributed by atoms with Crippen LogP contribution in [-0.4, -0.2) is 201 Å². The van der Waals surface area contributed by atoms with Gasteiger partial charge >= 0.3 is 45.0 Å². The Kier molecular flexibility index (Phi) is 27.6. The molecule has 29 nitrogen and oxygen atoms in total. The van der Waals surface area contributed by atoms with E-state index < -0.39 is 162 Å². The molecule has 6 heterocycles. The highest BCUT2D eigenvalue weighted by molar-refractivity contribution is 7.88. The summed E-state index contributed by atoms with van der Waals surface area (Å²) in [6.07, 6.45) is 0.817. The predicted molar refractivity (Wildman–Crippen MR) is 397 cm³/mol. The number of benzene rings is 2. The number of allylic oxidation sites excluding steroid dienone is 3. The molecule has 2 saturated heterocycles. The molecule has 7 amide bonds. The van der Waals surface area contributed by atoms with Crippen molar-refractivity contribution in [2.45, 2.75) is 243 Å². The minimum absolute atomic E-state index is 0.00205. The zero-order valence-corrected chi connectivity index (χ0v) is 67.1. The van der Waals surface area contributed by atoms with Gasteiger partial charge in [-0.25, -0.2) is 24.0 Å². The van der Waals surface area contributed by atoms with Crippen molar-refractivity contribution in [1.82, 2.24) is 62.9 Å². The maximum atomic E-state index is 14.4. The lowest BCUT2D eigenvalue weighted by Gasteiger charge is -2.30. The molecule has 4 fully saturated rings. The van der Waals surface area contributed by atoms with E-state index in [4.69, 9.17) is 25.8 Å². The fourth-order valence-electron chi connectivity index (χ4n) is 14.0. The molecule has 6 aliphatic rings. The normalized spacial score (nSPS) is 25.9. The highest BCUT2D eigenvalue weighted by atomic mass is 35.5. The zero-order valence-electron chi connectivity index (χ0n) is 64.7. The van der Waals surface area contributed by atoms with E-state index in [9.17, 15) is 86.6 Å². The number of aliphatic hydroxyl groups excluding tert-OH is 1. The van der Waals surface area contributed by atoms with E-state index in [2.05, 4.69) is 30.6 Å². The largest absolute Gasteiger partial charge is 0.459 e. The number of Topliss-reactive ketones (excluding diaryl/α,β-unsaturated/α-hetero) is 1. The summed E-state index contributed by atoms with van der Waals surface area (Å²) in [4.78, 5) is 119. The van der Waals surface area contributed by atoms with Crippen LogP contribution in [0, 0.1) is 17.3 Å². The second kappa shape index (κ2) is 34.7.